The predicted octanol–water partition coefficient (Wildman–Crippen LogP) is -4.53. The van der Waals surface area contributed by atoms with Crippen LogP contribution in [0.4, 0.5) is 0 Å². The third-order valence-corrected chi connectivity index (χ3v) is 25.2. The number of allylic oxidation sites excluding steroid dienone is 1. The highest BCUT2D eigenvalue weighted by atomic mass is 16.8. The van der Waals surface area contributed by atoms with Gasteiger partial charge in [0.05, 0.1) is 62.5 Å². The molecule has 4 aliphatic carbocycles. The van der Waals surface area contributed by atoms with Crippen LogP contribution in [0.25, 0.3) is 0 Å². The third kappa shape index (κ3) is 12.3. The summed E-state index contributed by atoms with van der Waals surface area (Å²) in [6.45, 7) is 14.4. The molecular formula is C66H106O32. The van der Waals surface area contributed by atoms with Crippen molar-refractivity contribution in [1.29, 1.82) is 0 Å². The number of fused-ring (bicyclic) bond motifs is 4. The fraction of sp³-hybridized carbons (Fsp3) is 0.955. The van der Waals surface area contributed by atoms with E-state index in [-0.39, 0.29) is 35.4 Å². The van der Waals surface area contributed by atoms with Gasteiger partial charge in [-0.2, -0.15) is 0 Å². The summed E-state index contributed by atoms with van der Waals surface area (Å²) in [5.41, 5.74) is -3.28. The van der Waals surface area contributed by atoms with Crippen LogP contribution in [0, 0.1) is 39.4 Å². The Morgan fingerprint density at radius 1 is 0.480 bits per heavy atom. The molecule has 98 heavy (non-hydrogen) atoms. The molecule has 8 saturated heterocycles. The standard InChI is InChI=1S/C66H106O32/c1-24-37(71)41(75)44(78)54(86-24)94-50-30(22-69)90-56(46(80)43(50)77)91-31-23-85-59(53(40(31)74)96-55-45(79)42(76)49(25(2)87-55)93-58-48(82)52(39(73)29(21-68)89-58)95-57-47(81)51(84-10)38(72)28(20-67)88-57)92-35-15-17-63(7)27-19-34(70)66-33(65(9,98-60(66)83)36-14-16-61(3,4)97-36)13-18-64(66,8)26(27)11-12-32(63)62(35,5)6/h19,24-26,28-59,67-82H,11-18,20-23H2,1-10H3/t24-,25-,26-,28-,29-,30-,31-,32+,33-,34-,35+,36?,37-,38-,39-,40+,41+,42-,43-,44-,45-,46-,47-,48-,49-,50-,51+,52+,53-,54+,55+,56+,57+,58+,59+,63-,64+,65-,66+/m1/s1. The van der Waals surface area contributed by atoms with Gasteiger partial charge in [0.2, 0.25) is 0 Å². The fourth-order valence-corrected chi connectivity index (χ4v) is 19.6. The summed E-state index contributed by atoms with van der Waals surface area (Å²) in [5.74, 6) is -0.834. The van der Waals surface area contributed by atoms with Crippen LogP contribution in [0.1, 0.15) is 114 Å². The van der Waals surface area contributed by atoms with E-state index in [1.807, 2.05) is 26.8 Å². The maximum atomic E-state index is 14.8. The smallest absolute Gasteiger partial charge is 0.316 e. The van der Waals surface area contributed by atoms with Crippen molar-refractivity contribution in [1.82, 2.24) is 0 Å². The molecule has 0 amide bonds. The molecule has 39 atom stereocenters. The average molecular weight is 1410 g/mol. The van der Waals surface area contributed by atoms with Crippen molar-refractivity contribution in [3.05, 3.63) is 11.6 Å². The molecule has 1 spiro atoms. The Kier molecular flexibility index (Phi) is 21.7. The fourth-order valence-electron chi connectivity index (χ4n) is 19.6. The van der Waals surface area contributed by atoms with Crippen LogP contribution in [0.3, 0.4) is 0 Å². The lowest BCUT2D eigenvalue weighted by Crippen LogP contribution is -2.67. The Morgan fingerprint density at radius 3 is 1.63 bits per heavy atom. The summed E-state index contributed by atoms with van der Waals surface area (Å²) in [6.07, 6.45) is -43.9. The number of cyclic esters (lactones) is 1. The topological polar surface area (TPSA) is 479 Å². The van der Waals surface area contributed by atoms with E-state index in [0.29, 0.717) is 38.5 Å². The molecule has 1 unspecified atom stereocenters. The summed E-state index contributed by atoms with van der Waals surface area (Å²) in [5, 5.41) is 179. The molecule has 0 bridgehead atoms. The van der Waals surface area contributed by atoms with Crippen LogP contribution >= 0.6 is 0 Å². The normalized spacial score (nSPS) is 55.4. The van der Waals surface area contributed by atoms with Crippen molar-refractivity contribution >= 4 is 5.97 Å². The van der Waals surface area contributed by atoms with Crippen molar-refractivity contribution in [2.45, 2.75) is 321 Å². The maximum Gasteiger partial charge on any atom is 0.316 e. The molecule has 562 valence electrons. The van der Waals surface area contributed by atoms with E-state index >= 15 is 0 Å². The second-order valence-electron chi connectivity index (χ2n) is 31.5. The molecule has 32 nitrogen and oxygen atoms in total. The molecule has 3 saturated carbocycles. The number of methoxy groups -OCH3 is 1. The van der Waals surface area contributed by atoms with Crippen LogP contribution in [-0.4, -0.2) is 329 Å². The van der Waals surface area contributed by atoms with Gasteiger partial charge < -0.3 is 153 Å². The molecule has 8 aliphatic heterocycles. The lowest BCUT2D eigenvalue weighted by Gasteiger charge is -2.64. The average Bonchev–Trinajstić information content (AvgIpc) is 1.47. The maximum absolute atomic E-state index is 14.8. The number of carbonyl (C=O) groups is 1. The zero-order valence-electron chi connectivity index (χ0n) is 57.0. The lowest BCUT2D eigenvalue weighted by atomic mass is 9.40. The SMILES string of the molecule is CO[C@@H]1[C@@H](O)[C@H](O[C@@H]2[C@@H](O)[C@H](O[C@H]3[C@H](O)[C@@H](O)[C@H](O[C@H]4[C@H](O[C@H]5CC[C@]6(C)C7=C[C@@H](O)[C@]89C(=O)O[C@@](C)(C%10CCC(C)(C)O%10)[C@H]8CC[C@@]9(C)[C@@H]7CC[C@H]6C5(C)C)OC[C@@H](O[C@@H]5O[C@H](CO)[C@@H](O[C@@H]6O[C@H](C)[C@@H](O)[C@H](O)[C@H]6O)[C@H](O)[C@H]5O)[C@@H]4O)O[C@@H]3C)O[C@H](CO)[C@H]2O)O[C@H](CO)[C@H]1O. The quantitative estimate of drug-likeness (QED) is 0.0371. The number of aliphatic hydroxyl groups is 16. The van der Waals surface area contributed by atoms with Crippen LogP contribution in [0.5, 0.6) is 0 Å². The van der Waals surface area contributed by atoms with Gasteiger partial charge >= 0.3 is 5.97 Å². The van der Waals surface area contributed by atoms with Crippen molar-refractivity contribution in [3.63, 3.8) is 0 Å². The molecule has 11 fully saturated rings. The second kappa shape index (κ2) is 28.1. The molecule has 12 aliphatic rings. The minimum absolute atomic E-state index is 0.0709. The summed E-state index contributed by atoms with van der Waals surface area (Å²) in [7, 11) is 1.18. The van der Waals surface area contributed by atoms with E-state index in [0.717, 1.165) is 18.4 Å². The molecule has 16 N–H and O–H groups in total. The molecule has 0 radical (unpaired) electrons. The number of rotatable bonds is 17. The summed E-state index contributed by atoms with van der Waals surface area (Å²) >= 11 is 0. The highest BCUT2D eigenvalue weighted by Gasteiger charge is 2.80. The minimum Gasteiger partial charge on any atom is -0.456 e. The summed E-state index contributed by atoms with van der Waals surface area (Å²) in [4.78, 5) is 14.8. The molecule has 0 aromatic rings. The number of esters is 1. The Labute approximate surface area is 567 Å². The van der Waals surface area contributed by atoms with Gasteiger partial charge in [0.1, 0.15) is 139 Å². The minimum atomic E-state index is -2.07. The number of carbonyl (C=O) groups excluding carboxylic acids is 1. The zero-order valence-corrected chi connectivity index (χ0v) is 57.0. The van der Waals surface area contributed by atoms with E-state index in [9.17, 15) is 86.5 Å². The Morgan fingerprint density at radius 2 is 1.02 bits per heavy atom. The molecular weight excluding hydrogens is 1300 g/mol. The van der Waals surface area contributed by atoms with E-state index in [1.54, 1.807) is 0 Å². The van der Waals surface area contributed by atoms with Crippen LogP contribution in [-0.2, 0) is 75.8 Å². The molecule has 8 heterocycles. The van der Waals surface area contributed by atoms with Gasteiger partial charge in [0.15, 0.2) is 37.7 Å². The Balaban J connectivity index is 0.780. The van der Waals surface area contributed by atoms with Gasteiger partial charge in [-0.1, -0.05) is 39.3 Å². The Hall–Kier alpha value is -1.99. The van der Waals surface area contributed by atoms with Crippen molar-refractivity contribution in [2.75, 3.05) is 33.5 Å². The molecule has 0 aromatic heterocycles. The van der Waals surface area contributed by atoms with E-state index < -0.39 is 244 Å². The predicted molar refractivity (Wildman–Crippen MR) is 325 cm³/mol. The number of hydrogen-bond donors (Lipinski definition) is 16. The van der Waals surface area contributed by atoms with Gasteiger partial charge in [0.25, 0.3) is 0 Å². The van der Waals surface area contributed by atoms with E-state index in [2.05, 4.69) is 27.7 Å². The van der Waals surface area contributed by atoms with Crippen molar-refractivity contribution < 1.29 is 158 Å². The molecule has 0 aromatic carbocycles. The Bertz CT molecular complexity index is 2800. The van der Waals surface area contributed by atoms with Gasteiger partial charge in [-0.15, -0.1) is 0 Å². The molecule has 32 heteroatoms. The molecule has 12 rings (SSSR count). The zero-order chi connectivity index (χ0) is 71.2. The highest BCUT2D eigenvalue weighted by molar-refractivity contribution is 5.84. The first kappa shape index (κ1) is 75.7. The first-order valence-corrected chi connectivity index (χ1v) is 34.7. The lowest BCUT2D eigenvalue weighted by molar-refractivity contribution is -0.396. The third-order valence-electron chi connectivity index (χ3n) is 25.2. The monoisotopic (exact) mass is 1410 g/mol. The van der Waals surface area contributed by atoms with E-state index in [1.165, 1.54) is 21.0 Å². The van der Waals surface area contributed by atoms with E-state index in [4.69, 9.17) is 71.1 Å². The number of hydrogen-bond acceptors (Lipinski definition) is 32. The summed E-state index contributed by atoms with van der Waals surface area (Å²) in [6, 6.07) is 0. The van der Waals surface area contributed by atoms with Gasteiger partial charge in [-0.05, 0) is 114 Å². The summed E-state index contributed by atoms with van der Waals surface area (Å²) < 4.78 is 91.3. The van der Waals surface area contributed by atoms with Gasteiger partial charge in [-0.3, -0.25) is 4.79 Å². The van der Waals surface area contributed by atoms with Crippen LogP contribution < -0.4 is 0 Å². The number of ether oxygens (including phenoxy) is 15. The highest BCUT2D eigenvalue weighted by Crippen LogP contribution is 2.76. The van der Waals surface area contributed by atoms with Crippen LogP contribution in [0.2, 0.25) is 0 Å². The van der Waals surface area contributed by atoms with Gasteiger partial charge in [0, 0.05) is 13.0 Å². The second-order valence-corrected chi connectivity index (χ2v) is 31.5. The first-order valence-electron chi connectivity index (χ1n) is 34.7. The number of aliphatic hydroxyl groups excluding tert-OH is 16. The van der Waals surface area contributed by atoms with Gasteiger partial charge in [-0.25, -0.2) is 0 Å². The van der Waals surface area contributed by atoms with Crippen molar-refractivity contribution in [3.8, 4) is 0 Å². The van der Waals surface area contributed by atoms with Crippen molar-refractivity contribution in [2.24, 2.45) is 39.4 Å². The largest absolute Gasteiger partial charge is 0.456 e. The first-order chi connectivity index (χ1) is 46.1. The van der Waals surface area contributed by atoms with Crippen LogP contribution in [0.15, 0.2) is 11.6 Å².